The number of hydrogen-bond acceptors (Lipinski definition) is 4. The quantitative estimate of drug-likeness (QED) is 0.299. The van der Waals surface area contributed by atoms with Crippen molar-refractivity contribution in [2.45, 2.75) is 46.1 Å². The number of aryl methyl sites for hydroxylation is 1. The Kier molecular flexibility index (Phi) is 7.91. The molecule has 1 aromatic heterocycles. The molecule has 34 heavy (non-hydrogen) atoms. The number of esters is 1. The maximum Gasteiger partial charge on any atom is 0.339 e. The maximum absolute atomic E-state index is 12.6. The second kappa shape index (κ2) is 11.1. The summed E-state index contributed by atoms with van der Waals surface area (Å²) in [5.74, 6) is 0.445. The highest BCUT2D eigenvalue weighted by molar-refractivity contribution is 6.31. The van der Waals surface area contributed by atoms with E-state index in [1.807, 2.05) is 68.6 Å². The number of rotatable bonds is 8. The van der Waals surface area contributed by atoms with Crippen molar-refractivity contribution in [2.24, 2.45) is 0 Å². The summed E-state index contributed by atoms with van der Waals surface area (Å²) < 4.78 is 11.5. The van der Waals surface area contributed by atoms with Crippen LogP contribution < -0.4 is 4.74 Å². The van der Waals surface area contributed by atoms with Gasteiger partial charge in [0.15, 0.2) is 0 Å². The summed E-state index contributed by atoms with van der Waals surface area (Å²) in [6, 6.07) is 15.3. The smallest absolute Gasteiger partial charge is 0.339 e. The van der Waals surface area contributed by atoms with Gasteiger partial charge in [0.05, 0.1) is 17.9 Å². The molecule has 176 valence electrons. The Balaban J connectivity index is 1.71. The van der Waals surface area contributed by atoms with Crippen LogP contribution in [-0.2, 0) is 17.8 Å². The summed E-state index contributed by atoms with van der Waals surface area (Å²) in [5.41, 5.74) is 6.57. The molecule has 4 rings (SSSR count). The second-order valence-electron chi connectivity index (χ2n) is 8.16. The lowest BCUT2D eigenvalue weighted by Gasteiger charge is -2.16. The molecular weight excluding hydrogens is 469 g/mol. The molecule has 1 aliphatic rings. The van der Waals surface area contributed by atoms with Crippen molar-refractivity contribution in [1.29, 1.82) is 0 Å². The molecule has 0 bridgehead atoms. The van der Waals surface area contributed by atoms with E-state index in [2.05, 4.69) is 4.98 Å². The number of nitrogens with zero attached hydrogens (tertiary/aromatic N) is 1. The molecule has 1 aliphatic carbocycles. The predicted octanol–water partition coefficient (Wildman–Crippen LogP) is 7.80. The summed E-state index contributed by atoms with van der Waals surface area (Å²) in [7, 11) is 0. The molecule has 0 aliphatic heterocycles. The van der Waals surface area contributed by atoms with Crippen LogP contribution in [0.2, 0.25) is 10.0 Å². The van der Waals surface area contributed by atoms with E-state index in [1.165, 1.54) is 11.1 Å². The fraction of sp³-hybridized carbons (Fsp3) is 0.286. The SMILES string of the molecule is CCOC(=O)c1cc(C2=C(c3cc(Cl)ccc3OCc3ccc(Cl)cc3)CCC2)cnc1CC. The molecular formula is C28H27Cl2NO3. The average Bonchev–Trinajstić information content (AvgIpc) is 3.34. The Hall–Kier alpha value is -2.82. The Morgan fingerprint density at radius 3 is 2.44 bits per heavy atom. The van der Waals surface area contributed by atoms with Gasteiger partial charge in [-0.2, -0.15) is 0 Å². The highest BCUT2D eigenvalue weighted by atomic mass is 35.5. The van der Waals surface area contributed by atoms with Gasteiger partial charge in [0, 0.05) is 21.8 Å². The monoisotopic (exact) mass is 495 g/mol. The van der Waals surface area contributed by atoms with Gasteiger partial charge in [-0.3, -0.25) is 4.98 Å². The molecule has 0 saturated carbocycles. The number of benzene rings is 2. The lowest BCUT2D eigenvalue weighted by molar-refractivity contribution is 0.0524. The molecule has 0 radical (unpaired) electrons. The van der Waals surface area contributed by atoms with E-state index >= 15 is 0 Å². The summed E-state index contributed by atoms with van der Waals surface area (Å²) in [5, 5.41) is 1.35. The van der Waals surface area contributed by atoms with Crippen LogP contribution in [0.5, 0.6) is 5.75 Å². The van der Waals surface area contributed by atoms with Gasteiger partial charge in [0.25, 0.3) is 0 Å². The molecule has 0 N–H and O–H groups in total. The van der Waals surface area contributed by atoms with Crippen molar-refractivity contribution in [3.63, 3.8) is 0 Å². The van der Waals surface area contributed by atoms with Gasteiger partial charge in [-0.25, -0.2) is 4.79 Å². The first-order valence-electron chi connectivity index (χ1n) is 11.6. The van der Waals surface area contributed by atoms with Crippen LogP contribution in [0.4, 0.5) is 0 Å². The van der Waals surface area contributed by atoms with Crippen LogP contribution in [-0.4, -0.2) is 17.6 Å². The van der Waals surface area contributed by atoms with E-state index in [9.17, 15) is 4.79 Å². The van der Waals surface area contributed by atoms with Gasteiger partial charge in [-0.1, -0.05) is 42.3 Å². The van der Waals surface area contributed by atoms with E-state index < -0.39 is 0 Å². The minimum Gasteiger partial charge on any atom is -0.488 e. The van der Waals surface area contributed by atoms with Gasteiger partial charge in [-0.15, -0.1) is 0 Å². The maximum atomic E-state index is 12.6. The fourth-order valence-corrected chi connectivity index (χ4v) is 4.59. The lowest BCUT2D eigenvalue weighted by Crippen LogP contribution is -2.10. The first-order chi connectivity index (χ1) is 16.5. The Morgan fingerprint density at radius 2 is 1.71 bits per heavy atom. The number of allylic oxidation sites excluding steroid dienone is 2. The number of hydrogen-bond donors (Lipinski definition) is 0. The standard InChI is InChI=1S/C28H27Cl2NO3/c1-3-26-25(28(32)33-4-2)14-19(16-31-26)22-6-5-7-23(22)24-15-21(30)12-13-27(24)34-17-18-8-10-20(29)11-9-18/h8-16H,3-7,17H2,1-2H3. The molecule has 0 spiro atoms. The number of aromatic nitrogens is 1. The summed E-state index contributed by atoms with van der Waals surface area (Å²) in [4.78, 5) is 17.2. The van der Waals surface area contributed by atoms with Crippen LogP contribution in [0.15, 0.2) is 54.7 Å². The molecule has 0 atom stereocenters. The Morgan fingerprint density at radius 1 is 0.971 bits per heavy atom. The molecule has 6 heteroatoms. The van der Waals surface area contributed by atoms with Crippen LogP contribution >= 0.6 is 23.2 Å². The first kappa shape index (κ1) is 24.3. The number of pyridine rings is 1. The van der Waals surface area contributed by atoms with E-state index in [1.54, 1.807) is 0 Å². The molecule has 0 saturated heterocycles. The van der Waals surface area contributed by atoms with Gasteiger partial charge < -0.3 is 9.47 Å². The molecule has 0 amide bonds. The third-order valence-electron chi connectivity index (χ3n) is 5.94. The van der Waals surface area contributed by atoms with E-state index in [4.69, 9.17) is 32.7 Å². The van der Waals surface area contributed by atoms with E-state index in [0.717, 1.165) is 47.4 Å². The molecule has 4 nitrogen and oxygen atoms in total. The molecule has 2 aromatic carbocycles. The van der Waals surface area contributed by atoms with Gasteiger partial charge in [0.1, 0.15) is 12.4 Å². The molecule has 0 fully saturated rings. The Bertz CT molecular complexity index is 1220. The highest BCUT2D eigenvalue weighted by Gasteiger charge is 2.23. The van der Waals surface area contributed by atoms with Crippen LogP contribution in [0.25, 0.3) is 11.1 Å². The van der Waals surface area contributed by atoms with E-state index in [0.29, 0.717) is 35.2 Å². The van der Waals surface area contributed by atoms with Crippen molar-refractivity contribution in [3.05, 3.63) is 92.7 Å². The molecule has 0 unspecified atom stereocenters. The number of halogens is 2. The van der Waals surface area contributed by atoms with Gasteiger partial charge >= 0.3 is 5.97 Å². The third-order valence-corrected chi connectivity index (χ3v) is 6.43. The van der Waals surface area contributed by atoms with Crippen molar-refractivity contribution < 1.29 is 14.3 Å². The fourth-order valence-electron chi connectivity index (χ4n) is 4.29. The summed E-state index contributed by atoms with van der Waals surface area (Å²) in [6.45, 7) is 4.55. The average molecular weight is 496 g/mol. The van der Waals surface area contributed by atoms with Crippen molar-refractivity contribution in [2.75, 3.05) is 6.61 Å². The van der Waals surface area contributed by atoms with E-state index in [-0.39, 0.29) is 5.97 Å². The van der Waals surface area contributed by atoms with Gasteiger partial charge in [0.2, 0.25) is 0 Å². The zero-order valence-electron chi connectivity index (χ0n) is 19.4. The first-order valence-corrected chi connectivity index (χ1v) is 12.3. The van der Waals surface area contributed by atoms with Gasteiger partial charge in [-0.05, 0) is 91.3 Å². The van der Waals surface area contributed by atoms with Crippen molar-refractivity contribution >= 4 is 40.3 Å². The topological polar surface area (TPSA) is 48.4 Å². The van der Waals surface area contributed by atoms with Crippen molar-refractivity contribution in [3.8, 4) is 5.75 Å². The largest absolute Gasteiger partial charge is 0.488 e. The zero-order chi connectivity index (χ0) is 24.1. The minimum absolute atomic E-state index is 0.330. The summed E-state index contributed by atoms with van der Waals surface area (Å²) >= 11 is 12.4. The predicted molar refractivity (Wildman–Crippen MR) is 137 cm³/mol. The number of carbonyl (C=O) groups is 1. The van der Waals surface area contributed by atoms with Crippen LogP contribution in [0, 0.1) is 0 Å². The van der Waals surface area contributed by atoms with Crippen molar-refractivity contribution in [1.82, 2.24) is 4.98 Å². The lowest BCUT2D eigenvalue weighted by atomic mass is 9.96. The number of carbonyl (C=O) groups excluding carboxylic acids is 1. The summed E-state index contributed by atoms with van der Waals surface area (Å²) in [6.07, 6.45) is 5.33. The normalized spacial score (nSPS) is 13.3. The highest BCUT2D eigenvalue weighted by Crippen LogP contribution is 2.43. The second-order valence-corrected chi connectivity index (χ2v) is 9.03. The molecule has 3 aromatic rings. The third kappa shape index (κ3) is 5.45. The molecule has 1 heterocycles. The number of ether oxygens (including phenoxy) is 2. The Labute approximate surface area is 210 Å². The van der Waals surface area contributed by atoms with Crippen LogP contribution in [0.1, 0.15) is 65.9 Å². The van der Waals surface area contributed by atoms with Crippen LogP contribution in [0.3, 0.4) is 0 Å². The minimum atomic E-state index is -0.330. The zero-order valence-corrected chi connectivity index (χ0v) is 20.9.